The Morgan fingerprint density at radius 3 is 2.62 bits per heavy atom. The van der Waals surface area contributed by atoms with Crippen LogP contribution in [0.5, 0.6) is 0 Å². The SMILES string of the molecule is COCCNCC(=O)Nc1ccccc1S(=O)(=O)C(F)F. The molecule has 0 aromatic heterocycles. The first-order valence-electron chi connectivity index (χ1n) is 6.00. The Bertz CT molecular complexity index is 578. The standard InChI is InChI=1S/C12H16F2N2O4S/c1-20-7-6-15-8-11(17)16-9-4-2-3-5-10(9)21(18,19)12(13)14/h2-5,12,15H,6-8H2,1H3,(H,16,17). The molecule has 1 amide bonds. The lowest BCUT2D eigenvalue weighted by Crippen LogP contribution is -2.30. The monoisotopic (exact) mass is 322 g/mol. The molecule has 0 aliphatic rings. The zero-order valence-corrected chi connectivity index (χ0v) is 12.1. The number of ether oxygens (including phenoxy) is 1. The van der Waals surface area contributed by atoms with Gasteiger partial charge in [-0.3, -0.25) is 4.79 Å². The van der Waals surface area contributed by atoms with Crippen molar-refractivity contribution in [2.75, 3.05) is 32.1 Å². The second-order valence-corrected chi connectivity index (χ2v) is 5.91. The van der Waals surface area contributed by atoms with Gasteiger partial charge in [0, 0.05) is 13.7 Å². The van der Waals surface area contributed by atoms with E-state index >= 15 is 0 Å². The molecular formula is C12H16F2N2O4S. The number of benzene rings is 1. The summed E-state index contributed by atoms with van der Waals surface area (Å²) in [6, 6.07) is 5.03. The van der Waals surface area contributed by atoms with E-state index in [-0.39, 0.29) is 12.2 Å². The maximum atomic E-state index is 12.6. The fraction of sp³-hybridized carbons (Fsp3) is 0.417. The second kappa shape index (κ2) is 8.01. The molecule has 0 saturated heterocycles. The first-order valence-corrected chi connectivity index (χ1v) is 7.54. The van der Waals surface area contributed by atoms with Crippen LogP contribution in [-0.2, 0) is 19.4 Å². The smallest absolute Gasteiger partial charge is 0.341 e. The minimum Gasteiger partial charge on any atom is -0.383 e. The van der Waals surface area contributed by atoms with Crippen molar-refractivity contribution in [2.45, 2.75) is 10.7 Å². The summed E-state index contributed by atoms with van der Waals surface area (Å²) < 4.78 is 52.9. The highest BCUT2D eigenvalue weighted by molar-refractivity contribution is 7.91. The van der Waals surface area contributed by atoms with Crippen LogP contribution in [0.15, 0.2) is 29.2 Å². The number of sulfone groups is 1. The van der Waals surface area contributed by atoms with Gasteiger partial charge in [-0.25, -0.2) is 8.42 Å². The van der Waals surface area contributed by atoms with Crippen LogP contribution in [0.3, 0.4) is 0 Å². The van der Waals surface area contributed by atoms with E-state index in [2.05, 4.69) is 10.6 Å². The first kappa shape index (κ1) is 17.5. The van der Waals surface area contributed by atoms with Crippen LogP contribution in [0.25, 0.3) is 0 Å². The fourth-order valence-electron chi connectivity index (χ4n) is 1.48. The van der Waals surface area contributed by atoms with E-state index < -0.39 is 26.4 Å². The lowest BCUT2D eigenvalue weighted by molar-refractivity contribution is -0.115. The second-order valence-electron chi connectivity index (χ2n) is 4.02. The molecule has 1 aromatic carbocycles. The Balaban J connectivity index is 2.79. The number of hydrogen-bond acceptors (Lipinski definition) is 5. The van der Waals surface area contributed by atoms with Gasteiger partial charge in [0.25, 0.3) is 0 Å². The molecule has 0 bridgehead atoms. The van der Waals surface area contributed by atoms with E-state index in [0.717, 1.165) is 6.07 Å². The average Bonchev–Trinajstić information content (AvgIpc) is 2.44. The molecule has 118 valence electrons. The normalized spacial score (nSPS) is 11.6. The number of para-hydroxylation sites is 1. The van der Waals surface area contributed by atoms with Gasteiger partial charge in [-0.2, -0.15) is 8.78 Å². The highest BCUT2D eigenvalue weighted by Crippen LogP contribution is 2.25. The number of halogens is 2. The third kappa shape index (κ3) is 5.03. The largest absolute Gasteiger partial charge is 0.383 e. The highest BCUT2D eigenvalue weighted by atomic mass is 32.2. The third-order valence-corrected chi connectivity index (χ3v) is 3.91. The summed E-state index contributed by atoms with van der Waals surface area (Å²) in [5.41, 5.74) is -0.170. The van der Waals surface area contributed by atoms with Gasteiger partial charge in [0.1, 0.15) is 0 Å². The third-order valence-electron chi connectivity index (χ3n) is 2.47. The van der Waals surface area contributed by atoms with E-state index in [1.54, 1.807) is 0 Å². The fourth-order valence-corrected chi connectivity index (χ4v) is 2.37. The Morgan fingerprint density at radius 1 is 1.33 bits per heavy atom. The minimum absolute atomic E-state index is 0.0909. The molecule has 0 unspecified atom stereocenters. The van der Waals surface area contributed by atoms with E-state index in [0.29, 0.717) is 13.2 Å². The van der Waals surface area contributed by atoms with Crippen LogP contribution >= 0.6 is 0 Å². The maximum Gasteiger partial charge on any atom is 0.341 e. The first-order chi connectivity index (χ1) is 9.89. The number of hydrogen-bond donors (Lipinski definition) is 2. The number of alkyl halides is 2. The van der Waals surface area contributed by atoms with Crippen LogP contribution < -0.4 is 10.6 Å². The van der Waals surface area contributed by atoms with Crippen LogP contribution in [0, 0.1) is 0 Å². The molecule has 9 heteroatoms. The molecule has 0 aliphatic carbocycles. The number of amides is 1. The number of methoxy groups -OCH3 is 1. The molecule has 21 heavy (non-hydrogen) atoms. The Morgan fingerprint density at radius 2 is 2.00 bits per heavy atom. The van der Waals surface area contributed by atoms with Gasteiger partial charge in [-0.15, -0.1) is 0 Å². The van der Waals surface area contributed by atoms with E-state index in [1.165, 1.54) is 25.3 Å². The number of rotatable bonds is 8. The summed E-state index contributed by atoms with van der Waals surface area (Å²) in [5.74, 6) is -4.08. The van der Waals surface area contributed by atoms with Crippen molar-refractivity contribution in [2.24, 2.45) is 0 Å². The van der Waals surface area contributed by atoms with E-state index in [9.17, 15) is 22.0 Å². The lowest BCUT2D eigenvalue weighted by Gasteiger charge is -2.11. The summed E-state index contributed by atoms with van der Waals surface area (Å²) in [4.78, 5) is 11.0. The summed E-state index contributed by atoms with van der Waals surface area (Å²) in [6.45, 7) is 0.747. The van der Waals surface area contributed by atoms with Crippen molar-refractivity contribution < 1.29 is 26.7 Å². The predicted molar refractivity (Wildman–Crippen MR) is 73.0 cm³/mol. The van der Waals surface area contributed by atoms with Crippen molar-refractivity contribution in [1.29, 1.82) is 0 Å². The Labute approximate surface area is 121 Å². The molecule has 0 atom stereocenters. The van der Waals surface area contributed by atoms with Crippen molar-refractivity contribution in [3.8, 4) is 0 Å². The molecular weight excluding hydrogens is 306 g/mol. The molecule has 0 aliphatic heterocycles. The van der Waals surface area contributed by atoms with Crippen LogP contribution in [0.1, 0.15) is 0 Å². The van der Waals surface area contributed by atoms with Gasteiger partial charge < -0.3 is 15.4 Å². The maximum absolute atomic E-state index is 12.6. The van der Waals surface area contributed by atoms with Crippen LogP contribution in [0.4, 0.5) is 14.5 Å². The molecule has 1 aromatic rings. The molecule has 6 nitrogen and oxygen atoms in total. The number of carbonyl (C=O) groups is 1. The topological polar surface area (TPSA) is 84.5 Å². The lowest BCUT2D eigenvalue weighted by atomic mass is 10.3. The summed E-state index contributed by atoms with van der Waals surface area (Å²) in [6.07, 6.45) is 0. The highest BCUT2D eigenvalue weighted by Gasteiger charge is 2.29. The quantitative estimate of drug-likeness (QED) is 0.694. The molecule has 2 N–H and O–H groups in total. The zero-order valence-electron chi connectivity index (χ0n) is 11.3. The molecule has 0 spiro atoms. The molecule has 0 fully saturated rings. The van der Waals surface area contributed by atoms with E-state index in [1.807, 2.05) is 0 Å². The van der Waals surface area contributed by atoms with Crippen molar-refractivity contribution in [3.05, 3.63) is 24.3 Å². The predicted octanol–water partition coefficient (Wildman–Crippen LogP) is 0.857. The Hall–Kier alpha value is -1.58. The van der Waals surface area contributed by atoms with Gasteiger partial charge in [-0.05, 0) is 12.1 Å². The number of anilines is 1. The minimum atomic E-state index is -4.77. The molecule has 1 rings (SSSR count). The van der Waals surface area contributed by atoms with Gasteiger partial charge in [0.05, 0.1) is 23.7 Å². The van der Waals surface area contributed by atoms with Gasteiger partial charge >= 0.3 is 5.76 Å². The summed E-state index contributed by atoms with van der Waals surface area (Å²) in [7, 11) is -3.26. The van der Waals surface area contributed by atoms with Gasteiger partial charge in [0.2, 0.25) is 15.7 Å². The summed E-state index contributed by atoms with van der Waals surface area (Å²) in [5, 5.41) is 5.05. The van der Waals surface area contributed by atoms with Crippen molar-refractivity contribution in [1.82, 2.24) is 5.32 Å². The average molecular weight is 322 g/mol. The van der Waals surface area contributed by atoms with Gasteiger partial charge in [-0.1, -0.05) is 12.1 Å². The van der Waals surface area contributed by atoms with Crippen molar-refractivity contribution in [3.63, 3.8) is 0 Å². The molecule has 0 saturated carbocycles. The molecule has 0 heterocycles. The van der Waals surface area contributed by atoms with Crippen LogP contribution in [-0.4, -0.2) is 46.9 Å². The van der Waals surface area contributed by atoms with Gasteiger partial charge in [0.15, 0.2) is 0 Å². The Kier molecular flexibility index (Phi) is 6.66. The summed E-state index contributed by atoms with van der Waals surface area (Å²) >= 11 is 0. The van der Waals surface area contributed by atoms with E-state index in [4.69, 9.17) is 4.74 Å². The van der Waals surface area contributed by atoms with Crippen molar-refractivity contribution >= 4 is 21.4 Å². The number of nitrogens with one attached hydrogen (secondary N) is 2. The van der Waals surface area contributed by atoms with Crippen LogP contribution in [0.2, 0.25) is 0 Å². The zero-order chi connectivity index (χ0) is 15.9. The number of carbonyl (C=O) groups excluding carboxylic acids is 1. The molecule has 0 radical (unpaired) electrons.